The van der Waals surface area contributed by atoms with E-state index in [1.807, 2.05) is 29.9 Å². The van der Waals surface area contributed by atoms with Crippen LogP contribution in [-0.2, 0) is 13.0 Å². The zero-order chi connectivity index (χ0) is 22.9. The van der Waals surface area contributed by atoms with Crippen LogP contribution < -0.4 is 15.0 Å². The normalized spacial score (nSPS) is 14.8. The van der Waals surface area contributed by atoms with E-state index in [2.05, 4.69) is 28.3 Å². The van der Waals surface area contributed by atoms with Gasteiger partial charge < -0.3 is 19.9 Å². The van der Waals surface area contributed by atoms with Gasteiger partial charge in [0.1, 0.15) is 11.6 Å². The summed E-state index contributed by atoms with van der Waals surface area (Å²) in [6, 6.07) is 15.0. The molecule has 1 N–H and O–H groups in total. The van der Waals surface area contributed by atoms with Crippen LogP contribution >= 0.6 is 0 Å². The lowest BCUT2D eigenvalue weighted by molar-refractivity contribution is 0.0780. The Balaban J connectivity index is 1.31. The molecule has 0 aliphatic carbocycles. The third-order valence-corrected chi connectivity index (χ3v) is 6.10. The van der Waals surface area contributed by atoms with Gasteiger partial charge in [0.05, 0.1) is 13.2 Å². The molecule has 5 rings (SSSR count). The summed E-state index contributed by atoms with van der Waals surface area (Å²) >= 11 is 0. The monoisotopic (exact) mass is 445 g/mol. The van der Waals surface area contributed by atoms with Crippen molar-refractivity contribution in [2.45, 2.75) is 26.3 Å². The molecule has 0 unspecified atom stereocenters. The average molecular weight is 446 g/mol. The number of rotatable bonds is 6. The lowest BCUT2D eigenvalue weighted by Crippen LogP contribution is -2.34. The maximum absolute atomic E-state index is 12.7. The Kier molecular flexibility index (Phi) is 5.50. The van der Waals surface area contributed by atoms with E-state index in [-0.39, 0.29) is 11.8 Å². The molecular weight excluding hydrogens is 418 g/mol. The molecule has 8 heteroatoms. The van der Waals surface area contributed by atoms with Gasteiger partial charge >= 0.3 is 0 Å². The van der Waals surface area contributed by atoms with Crippen LogP contribution in [0.2, 0.25) is 0 Å². The average Bonchev–Trinajstić information content (AvgIpc) is 3.40. The minimum absolute atomic E-state index is 0.0734. The third-order valence-electron chi connectivity index (χ3n) is 6.10. The van der Waals surface area contributed by atoms with Gasteiger partial charge in [-0.3, -0.25) is 9.59 Å². The quantitative estimate of drug-likeness (QED) is 0.626. The van der Waals surface area contributed by atoms with Crippen molar-refractivity contribution in [3.63, 3.8) is 0 Å². The molecular formula is C25H27N5O3. The van der Waals surface area contributed by atoms with Crippen molar-refractivity contribution >= 4 is 29.1 Å². The molecule has 1 aromatic heterocycles. The number of carbonyl (C=O) groups is 2. The van der Waals surface area contributed by atoms with E-state index >= 15 is 0 Å². The largest absolute Gasteiger partial charge is 0.494 e. The molecule has 3 heterocycles. The Bertz CT molecular complexity index is 1200. The maximum Gasteiger partial charge on any atom is 0.256 e. The van der Waals surface area contributed by atoms with E-state index in [0.29, 0.717) is 18.0 Å². The Morgan fingerprint density at radius 1 is 1.09 bits per heavy atom. The Morgan fingerprint density at radius 2 is 1.91 bits per heavy atom. The molecule has 0 atom stereocenters. The Hall–Kier alpha value is -3.81. The summed E-state index contributed by atoms with van der Waals surface area (Å²) in [6.07, 6.45) is 1.78. The fourth-order valence-corrected chi connectivity index (χ4v) is 4.29. The van der Waals surface area contributed by atoms with Gasteiger partial charge in [-0.2, -0.15) is 5.10 Å². The van der Waals surface area contributed by atoms with Crippen LogP contribution in [0.5, 0.6) is 5.75 Å². The topological polar surface area (TPSA) is 79.7 Å². The minimum Gasteiger partial charge on any atom is -0.494 e. The van der Waals surface area contributed by atoms with Crippen molar-refractivity contribution in [1.29, 1.82) is 0 Å². The molecule has 33 heavy (non-hydrogen) atoms. The zero-order valence-electron chi connectivity index (χ0n) is 18.9. The molecule has 0 radical (unpaired) electrons. The van der Waals surface area contributed by atoms with Crippen molar-refractivity contribution in [2.75, 3.05) is 37.0 Å². The molecule has 0 saturated carbocycles. The van der Waals surface area contributed by atoms with Gasteiger partial charge in [0.2, 0.25) is 0 Å². The number of amides is 2. The van der Waals surface area contributed by atoms with Crippen LogP contribution in [0.1, 0.15) is 39.6 Å². The summed E-state index contributed by atoms with van der Waals surface area (Å²) in [5.41, 5.74) is 3.44. The van der Waals surface area contributed by atoms with E-state index in [0.717, 1.165) is 60.9 Å². The van der Waals surface area contributed by atoms with E-state index in [1.165, 1.54) is 0 Å². The molecule has 8 nitrogen and oxygen atoms in total. The van der Waals surface area contributed by atoms with Gasteiger partial charge in [0.25, 0.3) is 11.8 Å². The number of likely N-dealkylation sites (N-methyl/N-ethyl adjacent to an activating group) is 1. The molecule has 0 saturated heterocycles. The van der Waals surface area contributed by atoms with Gasteiger partial charge in [-0.15, -0.1) is 0 Å². The highest BCUT2D eigenvalue weighted by Gasteiger charge is 2.26. The second-order valence-corrected chi connectivity index (χ2v) is 8.41. The highest BCUT2D eigenvalue weighted by atomic mass is 16.5. The number of fused-ring (bicyclic) bond motifs is 2. The standard InChI is InChI=1S/C25H27N5O3/c1-3-14-33-20-7-4-17(5-8-20)24(31)26-22-16-23-29(12-13-30(23)27-22)19-6-9-21-18(15-19)10-11-28(2)25(21)32/h4-9,15-16H,3,10-14H2,1-2H3,(H,26,27,31). The molecule has 0 bridgehead atoms. The van der Waals surface area contributed by atoms with Crippen LogP contribution in [0.3, 0.4) is 0 Å². The van der Waals surface area contributed by atoms with E-state index < -0.39 is 0 Å². The van der Waals surface area contributed by atoms with Crippen molar-refractivity contribution in [1.82, 2.24) is 14.7 Å². The van der Waals surface area contributed by atoms with E-state index in [1.54, 1.807) is 29.2 Å². The minimum atomic E-state index is -0.211. The fraction of sp³-hybridized carbons (Fsp3) is 0.320. The zero-order valence-corrected chi connectivity index (χ0v) is 18.9. The lowest BCUT2D eigenvalue weighted by Gasteiger charge is -2.26. The third kappa shape index (κ3) is 4.04. The second kappa shape index (κ2) is 8.61. The number of anilines is 3. The summed E-state index contributed by atoms with van der Waals surface area (Å²) in [7, 11) is 1.84. The van der Waals surface area contributed by atoms with E-state index in [4.69, 9.17) is 4.74 Å². The number of nitrogens with zero attached hydrogens (tertiary/aromatic N) is 4. The predicted octanol–water partition coefficient (Wildman–Crippen LogP) is 3.70. The van der Waals surface area contributed by atoms with Crippen LogP contribution in [-0.4, -0.2) is 53.2 Å². The lowest BCUT2D eigenvalue weighted by atomic mass is 9.98. The summed E-state index contributed by atoms with van der Waals surface area (Å²) < 4.78 is 7.47. The Labute approximate surface area is 192 Å². The van der Waals surface area contributed by atoms with Crippen LogP contribution in [0, 0.1) is 0 Å². The summed E-state index contributed by atoms with van der Waals surface area (Å²) in [5.74, 6) is 2.05. The van der Waals surface area contributed by atoms with Crippen molar-refractivity contribution in [2.24, 2.45) is 0 Å². The smallest absolute Gasteiger partial charge is 0.256 e. The van der Waals surface area contributed by atoms with Gasteiger partial charge in [-0.05, 0) is 60.9 Å². The van der Waals surface area contributed by atoms with Gasteiger partial charge in [0.15, 0.2) is 5.82 Å². The molecule has 2 amide bonds. The first-order valence-electron chi connectivity index (χ1n) is 11.3. The number of hydrogen-bond donors (Lipinski definition) is 1. The molecule has 0 spiro atoms. The number of nitrogens with one attached hydrogen (secondary N) is 1. The number of hydrogen-bond acceptors (Lipinski definition) is 5. The summed E-state index contributed by atoms with van der Waals surface area (Å²) in [6.45, 7) is 4.96. The van der Waals surface area contributed by atoms with Gasteiger partial charge in [-0.25, -0.2) is 4.68 Å². The van der Waals surface area contributed by atoms with Crippen molar-refractivity contribution in [3.05, 3.63) is 65.2 Å². The van der Waals surface area contributed by atoms with Crippen LogP contribution in [0.25, 0.3) is 0 Å². The molecule has 170 valence electrons. The van der Waals surface area contributed by atoms with Crippen molar-refractivity contribution in [3.8, 4) is 5.75 Å². The first-order chi connectivity index (χ1) is 16.0. The van der Waals surface area contributed by atoms with E-state index in [9.17, 15) is 9.59 Å². The fourth-order valence-electron chi connectivity index (χ4n) is 4.29. The highest BCUT2D eigenvalue weighted by Crippen LogP contribution is 2.34. The Morgan fingerprint density at radius 3 is 2.70 bits per heavy atom. The van der Waals surface area contributed by atoms with Crippen LogP contribution in [0.15, 0.2) is 48.5 Å². The maximum atomic E-state index is 12.7. The first kappa shape index (κ1) is 21.1. The van der Waals surface area contributed by atoms with Gasteiger partial charge in [0, 0.05) is 43.0 Å². The summed E-state index contributed by atoms with van der Waals surface area (Å²) in [5, 5.41) is 7.45. The molecule has 2 aliphatic rings. The van der Waals surface area contributed by atoms with Crippen molar-refractivity contribution < 1.29 is 14.3 Å². The number of benzene rings is 2. The molecule has 3 aromatic rings. The highest BCUT2D eigenvalue weighted by molar-refractivity contribution is 6.04. The molecule has 2 aromatic carbocycles. The molecule has 2 aliphatic heterocycles. The SMILES string of the molecule is CCCOc1ccc(C(=O)Nc2cc3n(n2)CCN3c2ccc3c(c2)CCN(C)C3=O)cc1. The predicted molar refractivity (Wildman–Crippen MR) is 127 cm³/mol. The summed E-state index contributed by atoms with van der Waals surface area (Å²) in [4.78, 5) is 29.0. The first-order valence-corrected chi connectivity index (χ1v) is 11.3. The molecule has 0 fully saturated rings. The number of ether oxygens (including phenoxy) is 1. The van der Waals surface area contributed by atoms with Gasteiger partial charge in [-0.1, -0.05) is 6.92 Å². The second-order valence-electron chi connectivity index (χ2n) is 8.41. The number of aromatic nitrogens is 2. The number of carbonyl (C=O) groups excluding carboxylic acids is 2. The van der Waals surface area contributed by atoms with Crippen LogP contribution in [0.4, 0.5) is 17.3 Å².